The molecule has 0 unspecified atom stereocenters. The smallest absolute Gasteiger partial charge is 0.408 e. The molecule has 0 atom stereocenters. The zero-order valence-electron chi connectivity index (χ0n) is 25.3. The van der Waals surface area contributed by atoms with Gasteiger partial charge < -0.3 is 19.5 Å². The number of carbonyl (C=O) groups is 2. The molecule has 1 saturated heterocycles. The molecule has 2 amide bonds. The Morgan fingerprint density at radius 2 is 1.33 bits per heavy atom. The molecule has 0 aliphatic carbocycles. The van der Waals surface area contributed by atoms with Crippen molar-refractivity contribution in [2.75, 3.05) is 17.5 Å². The number of hydrogen-bond donors (Lipinski definition) is 2. The highest BCUT2D eigenvalue weighted by molar-refractivity contribution is 7.91. The van der Waals surface area contributed by atoms with Crippen molar-refractivity contribution in [1.82, 2.24) is 10.0 Å². The summed E-state index contributed by atoms with van der Waals surface area (Å²) in [5.41, 5.74) is -1.23. The maximum Gasteiger partial charge on any atom is 0.408 e. The number of alkyl carbamates (subject to hydrolysis) is 1. The minimum absolute atomic E-state index is 0.0666. The van der Waals surface area contributed by atoms with Gasteiger partial charge in [-0.2, -0.15) is 17.4 Å². The Balaban J connectivity index is 1.76. The molecule has 0 aromatic heterocycles. The second kappa shape index (κ2) is 12.5. The van der Waals surface area contributed by atoms with Crippen molar-refractivity contribution in [3.63, 3.8) is 0 Å². The van der Waals surface area contributed by atoms with Gasteiger partial charge in [-0.3, -0.25) is 4.79 Å². The maximum atomic E-state index is 14.5. The predicted molar refractivity (Wildman–Crippen MR) is 164 cm³/mol. The highest BCUT2D eigenvalue weighted by Crippen LogP contribution is 2.32. The molecule has 1 heterocycles. The first-order chi connectivity index (χ1) is 20.1. The van der Waals surface area contributed by atoms with Crippen molar-refractivity contribution >= 4 is 27.9 Å². The number of ether oxygens (including phenoxy) is 3. The summed E-state index contributed by atoms with van der Waals surface area (Å²) >= 11 is 0. The maximum absolute atomic E-state index is 14.5. The van der Waals surface area contributed by atoms with E-state index in [-0.39, 0.29) is 18.9 Å². The zero-order chi connectivity index (χ0) is 31.5. The van der Waals surface area contributed by atoms with Crippen LogP contribution in [0.3, 0.4) is 0 Å². The van der Waals surface area contributed by atoms with Gasteiger partial charge in [0.2, 0.25) is 0 Å². The van der Waals surface area contributed by atoms with Crippen LogP contribution in [-0.2, 0) is 29.2 Å². The van der Waals surface area contributed by atoms with E-state index in [1.165, 1.54) is 0 Å². The van der Waals surface area contributed by atoms with Gasteiger partial charge in [0.25, 0.3) is 5.91 Å². The number of rotatable bonds is 7. The Bertz CT molecular complexity index is 1510. The monoisotopic (exact) mass is 609 g/mol. The molecule has 3 aromatic carbocycles. The number of benzene rings is 3. The summed E-state index contributed by atoms with van der Waals surface area (Å²) in [6.45, 7) is 9.27. The van der Waals surface area contributed by atoms with Crippen LogP contribution in [-0.4, -0.2) is 50.3 Å². The van der Waals surface area contributed by atoms with Crippen LogP contribution in [0.2, 0.25) is 0 Å². The van der Waals surface area contributed by atoms with Crippen LogP contribution >= 0.6 is 0 Å². The van der Waals surface area contributed by atoms with Crippen molar-refractivity contribution < 1.29 is 32.2 Å². The molecule has 3 aromatic rings. The van der Waals surface area contributed by atoms with Crippen LogP contribution in [0.5, 0.6) is 0 Å². The summed E-state index contributed by atoms with van der Waals surface area (Å²) in [5.74, 6) is -0.978. The Morgan fingerprint density at radius 1 is 0.814 bits per heavy atom. The third-order valence-electron chi connectivity index (χ3n) is 6.25. The standard InChI is InChI=1S/C32H39N3O7S/c1-30(2,3)34-43(38,39)35(26-19-17-24(18-20-26)23-13-9-7-10-14-23)28(36)32(33-29(37)42-31(4,5)6)21-40-27(41-22-32)25-15-11-8-12-16-25/h7-20,27,34H,21-22H2,1-6H3,(H,33,37). The predicted octanol–water partition coefficient (Wildman–Crippen LogP) is 5.33. The molecule has 11 heteroatoms. The molecule has 0 radical (unpaired) electrons. The lowest BCUT2D eigenvalue weighted by molar-refractivity contribution is -0.215. The van der Waals surface area contributed by atoms with Gasteiger partial charge in [0, 0.05) is 11.1 Å². The fourth-order valence-electron chi connectivity index (χ4n) is 4.49. The highest BCUT2D eigenvalue weighted by atomic mass is 32.2. The van der Waals surface area contributed by atoms with Crippen LogP contribution in [0.1, 0.15) is 53.4 Å². The van der Waals surface area contributed by atoms with E-state index in [2.05, 4.69) is 10.0 Å². The number of nitrogens with zero attached hydrogens (tertiary/aromatic N) is 1. The molecule has 230 valence electrons. The number of hydrogen-bond acceptors (Lipinski definition) is 7. The molecule has 0 bridgehead atoms. The molecule has 0 spiro atoms. The van der Waals surface area contributed by atoms with E-state index in [9.17, 15) is 18.0 Å². The summed E-state index contributed by atoms with van der Waals surface area (Å²) in [6.07, 6.45) is -1.75. The molecular weight excluding hydrogens is 570 g/mol. The van der Waals surface area contributed by atoms with Gasteiger partial charge in [-0.05, 0) is 64.8 Å². The van der Waals surface area contributed by atoms with Gasteiger partial charge in [-0.15, -0.1) is 0 Å². The second-order valence-electron chi connectivity index (χ2n) is 12.4. The lowest BCUT2D eigenvalue weighted by Crippen LogP contribution is -2.69. The topological polar surface area (TPSA) is 123 Å². The van der Waals surface area contributed by atoms with E-state index < -0.39 is 45.2 Å². The third kappa shape index (κ3) is 8.20. The highest BCUT2D eigenvalue weighted by Gasteiger charge is 2.51. The quantitative estimate of drug-likeness (QED) is 0.371. The van der Waals surface area contributed by atoms with Gasteiger partial charge >= 0.3 is 16.3 Å². The van der Waals surface area contributed by atoms with Gasteiger partial charge in [0.1, 0.15) is 5.60 Å². The number of carbonyl (C=O) groups excluding carboxylic acids is 2. The van der Waals surface area contributed by atoms with Crippen molar-refractivity contribution in [3.05, 3.63) is 90.5 Å². The van der Waals surface area contributed by atoms with Crippen LogP contribution in [0, 0.1) is 0 Å². The molecule has 43 heavy (non-hydrogen) atoms. The van der Waals surface area contributed by atoms with Gasteiger partial charge in [0.15, 0.2) is 11.8 Å². The fourth-order valence-corrected chi connectivity index (χ4v) is 6.15. The minimum Gasteiger partial charge on any atom is -0.444 e. The molecule has 4 rings (SSSR count). The molecule has 0 saturated carbocycles. The molecule has 1 fully saturated rings. The van der Waals surface area contributed by atoms with E-state index in [0.717, 1.165) is 11.1 Å². The van der Waals surface area contributed by atoms with E-state index in [1.54, 1.807) is 77.9 Å². The normalized spacial score (nSPS) is 19.3. The number of amides is 2. The first kappa shape index (κ1) is 32.2. The van der Waals surface area contributed by atoms with Crippen molar-refractivity contribution in [3.8, 4) is 11.1 Å². The van der Waals surface area contributed by atoms with Crippen LogP contribution in [0.4, 0.5) is 10.5 Å². The Labute approximate surface area is 253 Å². The summed E-state index contributed by atoms with van der Waals surface area (Å²) in [6, 6.07) is 25.2. The van der Waals surface area contributed by atoms with Gasteiger partial charge in [0.05, 0.1) is 18.9 Å². The molecule has 1 aliphatic heterocycles. The van der Waals surface area contributed by atoms with Crippen LogP contribution < -0.4 is 14.3 Å². The largest absolute Gasteiger partial charge is 0.444 e. The first-order valence-electron chi connectivity index (χ1n) is 13.9. The van der Waals surface area contributed by atoms with Gasteiger partial charge in [-0.25, -0.2) is 4.79 Å². The Kier molecular flexibility index (Phi) is 9.31. The average molecular weight is 610 g/mol. The molecule has 1 aliphatic rings. The van der Waals surface area contributed by atoms with E-state index in [4.69, 9.17) is 14.2 Å². The van der Waals surface area contributed by atoms with Crippen LogP contribution in [0.25, 0.3) is 11.1 Å². The molecule has 10 nitrogen and oxygen atoms in total. The van der Waals surface area contributed by atoms with Crippen molar-refractivity contribution in [2.24, 2.45) is 0 Å². The summed E-state index contributed by atoms with van der Waals surface area (Å²) in [4.78, 5) is 27.6. The first-order valence-corrected chi connectivity index (χ1v) is 15.4. The Morgan fingerprint density at radius 3 is 1.84 bits per heavy atom. The second-order valence-corrected chi connectivity index (χ2v) is 13.9. The average Bonchev–Trinajstić information content (AvgIpc) is 2.92. The van der Waals surface area contributed by atoms with Gasteiger partial charge in [-0.1, -0.05) is 72.8 Å². The number of nitrogens with one attached hydrogen (secondary N) is 2. The summed E-state index contributed by atoms with van der Waals surface area (Å²) in [5, 5.41) is 2.59. The molecule has 2 N–H and O–H groups in total. The summed E-state index contributed by atoms with van der Waals surface area (Å²) < 4.78 is 48.4. The van der Waals surface area contributed by atoms with Crippen molar-refractivity contribution in [1.29, 1.82) is 0 Å². The van der Waals surface area contributed by atoms with Crippen molar-refractivity contribution in [2.45, 2.75) is 64.5 Å². The third-order valence-corrected chi connectivity index (χ3v) is 7.98. The SMILES string of the molecule is CC(C)(C)NS(=O)(=O)N(C(=O)C1(NC(=O)OC(C)(C)C)COC(c2ccccc2)OC1)c1ccc(-c2ccccc2)cc1. The Hall–Kier alpha value is -3.77. The lowest BCUT2D eigenvalue weighted by Gasteiger charge is -2.42. The zero-order valence-corrected chi connectivity index (χ0v) is 26.1. The lowest BCUT2D eigenvalue weighted by atomic mass is 9.98. The van der Waals surface area contributed by atoms with Crippen LogP contribution in [0.15, 0.2) is 84.9 Å². The van der Waals surface area contributed by atoms with E-state index in [1.807, 2.05) is 48.5 Å². The van der Waals surface area contributed by atoms with E-state index in [0.29, 0.717) is 9.87 Å². The molecular formula is C32H39N3O7S. The number of anilines is 1. The minimum atomic E-state index is -4.50. The fraction of sp³-hybridized carbons (Fsp3) is 0.375. The summed E-state index contributed by atoms with van der Waals surface area (Å²) in [7, 11) is -4.50. The van der Waals surface area contributed by atoms with E-state index >= 15 is 0 Å².